The van der Waals surface area contributed by atoms with E-state index in [1.165, 1.54) is 12.8 Å². The second-order valence-corrected chi connectivity index (χ2v) is 5.76. The largest absolute Gasteiger partial charge is 0.494 e. The minimum Gasteiger partial charge on any atom is -0.494 e. The minimum atomic E-state index is -0.123. The standard InChI is InChI=1S/C19H22ClNO2/c1-2-3-6-13-23-17-11-9-15(10-12-17)19(22)21-14-16-7-4-5-8-18(16)20/h4-5,7-12H,2-3,6,13-14H2,1H3,(H,21,22). The van der Waals surface area contributed by atoms with E-state index in [9.17, 15) is 4.79 Å². The van der Waals surface area contributed by atoms with Gasteiger partial charge in [-0.25, -0.2) is 0 Å². The fraction of sp³-hybridized carbons (Fsp3) is 0.316. The molecule has 0 aliphatic carbocycles. The number of carbonyl (C=O) groups is 1. The molecule has 0 spiro atoms. The Balaban J connectivity index is 1.84. The molecule has 122 valence electrons. The Morgan fingerprint density at radius 1 is 1.09 bits per heavy atom. The third-order valence-corrected chi connectivity index (χ3v) is 3.90. The Labute approximate surface area is 142 Å². The highest BCUT2D eigenvalue weighted by Crippen LogP contribution is 2.15. The van der Waals surface area contributed by atoms with E-state index in [4.69, 9.17) is 16.3 Å². The summed E-state index contributed by atoms with van der Waals surface area (Å²) in [7, 11) is 0. The van der Waals surface area contributed by atoms with Gasteiger partial charge in [-0.05, 0) is 42.3 Å². The van der Waals surface area contributed by atoms with Crippen LogP contribution in [0, 0.1) is 0 Å². The number of unbranched alkanes of at least 4 members (excludes halogenated alkanes) is 2. The van der Waals surface area contributed by atoms with Gasteiger partial charge in [-0.3, -0.25) is 4.79 Å². The summed E-state index contributed by atoms with van der Waals surface area (Å²) in [5.74, 6) is 0.672. The van der Waals surface area contributed by atoms with Gasteiger partial charge in [-0.1, -0.05) is 49.6 Å². The normalized spacial score (nSPS) is 10.3. The van der Waals surface area contributed by atoms with E-state index in [2.05, 4.69) is 12.2 Å². The molecular weight excluding hydrogens is 310 g/mol. The van der Waals surface area contributed by atoms with E-state index in [1.54, 1.807) is 12.1 Å². The van der Waals surface area contributed by atoms with Crippen molar-refractivity contribution in [3.63, 3.8) is 0 Å². The van der Waals surface area contributed by atoms with Crippen molar-refractivity contribution in [2.45, 2.75) is 32.7 Å². The maximum absolute atomic E-state index is 12.1. The van der Waals surface area contributed by atoms with Gasteiger partial charge in [-0.15, -0.1) is 0 Å². The number of carbonyl (C=O) groups excluding carboxylic acids is 1. The van der Waals surface area contributed by atoms with Crippen molar-refractivity contribution in [2.75, 3.05) is 6.61 Å². The summed E-state index contributed by atoms with van der Waals surface area (Å²) >= 11 is 6.08. The van der Waals surface area contributed by atoms with Crippen LogP contribution in [0.5, 0.6) is 5.75 Å². The van der Waals surface area contributed by atoms with Gasteiger partial charge in [0.1, 0.15) is 5.75 Å². The summed E-state index contributed by atoms with van der Waals surface area (Å²) in [6.07, 6.45) is 3.40. The summed E-state index contributed by atoms with van der Waals surface area (Å²) in [4.78, 5) is 12.1. The van der Waals surface area contributed by atoms with Crippen molar-refractivity contribution in [1.82, 2.24) is 5.32 Å². The lowest BCUT2D eigenvalue weighted by atomic mass is 10.2. The fourth-order valence-electron chi connectivity index (χ4n) is 2.16. The van der Waals surface area contributed by atoms with Crippen molar-refractivity contribution in [2.24, 2.45) is 0 Å². The van der Waals surface area contributed by atoms with Gasteiger partial charge < -0.3 is 10.1 Å². The highest BCUT2D eigenvalue weighted by atomic mass is 35.5. The number of hydrogen-bond acceptors (Lipinski definition) is 2. The van der Waals surface area contributed by atoms with Gasteiger partial charge >= 0.3 is 0 Å². The Bertz CT molecular complexity index is 626. The number of nitrogens with one attached hydrogen (secondary N) is 1. The molecule has 0 heterocycles. The zero-order valence-electron chi connectivity index (χ0n) is 13.3. The number of hydrogen-bond donors (Lipinski definition) is 1. The molecule has 0 aromatic heterocycles. The highest BCUT2D eigenvalue weighted by molar-refractivity contribution is 6.31. The van der Waals surface area contributed by atoms with Crippen LogP contribution in [-0.2, 0) is 6.54 Å². The van der Waals surface area contributed by atoms with E-state index >= 15 is 0 Å². The molecule has 0 aliphatic rings. The van der Waals surface area contributed by atoms with Crippen LogP contribution in [0.3, 0.4) is 0 Å². The van der Waals surface area contributed by atoms with Crippen LogP contribution in [0.4, 0.5) is 0 Å². The number of rotatable bonds is 8. The van der Waals surface area contributed by atoms with Crippen molar-refractivity contribution in [3.8, 4) is 5.75 Å². The molecule has 2 rings (SSSR count). The van der Waals surface area contributed by atoms with Crippen LogP contribution in [0.15, 0.2) is 48.5 Å². The number of halogens is 1. The lowest BCUT2D eigenvalue weighted by Crippen LogP contribution is -2.22. The van der Waals surface area contributed by atoms with Gasteiger partial charge in [0.25, 0.3) is 5.91 Å². The van der Waals surface area contributed by atoms with E-state index in [-0.39, 0.29) is 5.91 Å². The molecule has 0 atom stereocenters. The molecule has 0 aliphatic heterocycles. The molecule has 2 aromatic carbocycles. The number of amides is 1. The van der Waals surface area contributed by atoms with Gasteiger partial charge in [0.2, 0.25) is 0 Å². The molecule has 2 aromatic rings. The maximum atomic E-state index is 12.1. The Morgan fingerprint density at radius 2 is 1.83 bits per heavy atom. The van der Waals surface area contributed by atoms with E-state index < -0.39 is 0 Å². The zero-order valence-corrected chi connectivity index (χ0v) is 14.1. The zero-order chi connectivity index (χ0) is 16.5. The Morgan fingerprint density at radius 3 is 2.52 bits per heavy atom. The molecule has 0 unspecified atom stereocenters. The minimum absolute atomic E-state index is 0.123. The molecule has 4 heteroatoms. The first-order valence-corrected chi connectivity index (χ1v) is 8.33. The smallest absolute Gasteiger partial charge is 0.251 e. The van der Waals surface area contributed by atoms with Crippen LogP contribution in [0.1, 0.15) is 42.1 Å². The molecule has 23 heavy (non-hydrogen) atoms. The van der Waals surface area contributed by atoms with Crippen LogP contribution in [0.25, 0.3) is 0 Å². The number of ether oxygens (including phenoxy) is 1. The molecule has 0 saturated carbocycles. The molecule has 0 saturated heterocycles. The molecule has 3 nitrogen and oxygen atoms in total. The van der Waals surface area contributed by atoms with Gasteiger partial charge in [0.15, 0.2) is 0 Å². The summed E-state index contributed by atoms with van der Waals surface area (Å²) in [6, 6.07) is 14.7. The first kappa shape index (κ1) is 17.4. The van der Waals surface area contributed by atoms with Gasteiger partial charge in [0.05, 0.1) is 6.61 Å². The molecule has 1 N–H and O–H groups in total. The first-order valence-electron chi connectivity index (χ1n) is 7.95. The third-order valence-electron chi connectivity index (χ3n) is 3.53. The third kappa shape index (κ3) is 5.61. The van der Waals surface area contributed by atoms with Crippen LogP contribution in [0.2, 0.25) is 5.02 Å². The second kappa shape index (κ2) is 9.21. The van der Waals surface area contributed by atoms with Crippen LogP contribution < -0.4 is 10.1 Å². The number of benzene rings is 2. The molecule has 0 bridgehead atoms. The quantitative estimate of drug-likeness (QED) is 0.703. The molecule has 1 amide bonds. The van der Waals surface area contributed by atoms with Crippen LogP contribution in [-0.4, -0.2) is 12.5 Å². The second-order valence-electron chi connectivity index (χ2n) is 5.35. The Hall–Kier alpha value is -2.00. The average molecular weight is 332 g/mol. The van der Waals surface area contributed by atoms with E-state index in [0.717, 1.165) is 17.7 Å². The summed E-state index contributed by atoms with van der Waals surface area (Å²) in [6.45, 7) is 3.29. The fourth-order valence-corrected chi connectivity index (χ4v) is 2.37. The average Bonchev–Trinajstić information content (AvgIpc) is 2.58. The SMILES string of the molecule is CCCCCOc1ccc(C(=O)NCc2ccccc2Cl)cc1. The molecule has 0 radical (unpaired) electrons. The highest BCUT2D eigenvalue weighted by Gasteiger charge is 2.06. The Kier molecular flexibility index (Phi) is 6.95. The van der Waals surface area contributed by atoms with Crippen LogP contribution >= 0.6 is 11.6 Å². The van der Waals surface area contributed by atoms with Crippen molar-refractivity contribution < 1.29 is 9.53 Å². The molecular formula is C19H22ClNO2. The summed E-state index contributed by atoms with van der Waals surface area (Å²) < 4.78 is 5.64. The lowest BCUT2D eigenvalue weighted by Gasteiger charge is -2.08. The summed E-state index contributed by atoms with van der Waals surface area (Å²) in [5.41, 5.74) is 1.51. The van der Waals surface area contributed by atoms with Crippen molar-refractivity contribution in [1.29, 1.82) is 0 Å². The predicted octanol–water partition coefficient (Wildman–Crippen LogP) is 4.84. The van der Waals surface area contributed by atoms with Crippen molar-refractivity contribution >= 4 is 17.5 Å². The first-order chi connectivity index (χ1) is 11.2. The maximum Gasteiger partial charge on any atom is 0.251 e. The van der Waals surface area contributed by atoms with E-state index in [1.807, 2.05) is 36.4 Å². The van der Waals surface area contributed by atoms with Gasteiger partial charge in [-0.2, -0.15) is 0 Å². The van der Waals surface area contributed by atoms with Crippen molar-refractivity contribution in [3.05, 3.63) is 64.7 Å². The topological polar surface area (TPSA) is 38.3 Å². The van der Waals surface area contributed by atoms with E-state index in [0.29, 0.717) is 23.7 Å². The monoisotopic (exact) mass is 331 g/mol. The predicted molar refractivity (Wildman–Crippen MR) is 94.1 cm³/mol. The lowest BCUT2D eigenvalue weighted by molar-refractivity contribution is 0.0951. The van der Waals surface area contributed by atoms with Gasteiger partial charge in [0, 0.05) is 17.1 Å². The molecule has 0 fully saturated rings. The summed E-state index contributed by atoms with van der Waals surface area (Å²) in [5, 5.41) is 3.53.